The van der Waals surface area contributed by atoms with Gasteiger partial charge in [-0.3, -0.25) is 0 Å². The van der Waals surface area contributed by atoms with Crippen LogP contribution in [0.3, 0.4) is 0 Å². The molecule has 0 heterocycles. The number of hydrogen-bond acceptors (Lipinski definition) is 2. The van der Waals surface area contributed by atoms with Gasteiger partial charge in [0.25, 0.3) is 0 Å². The molecule has 0 aliphatic carbocycles. The Morgan fingerprint density at radius 2 is 2.13 bits per heavy atom. The van der Waals surface area contributed by atoms with Crippen molar-refractivity contribution in [2.75, 3.05) is 6.61 Å². The molecule has 0 amide bonds. The minimum atomic E-state index is -1.03. The number of aryl methyl sites for hydroxylation is 2. The highest BCUT2D eigenvalue weighted by atomic mass is 16.5. The third-order valence-corrected chi connectivity index (χ3v) is 2.03. The van der Waals surface area contributed by atoms with Crippen molar-refractivity contribution < 1.29 is 14.6 Å². The zero-order valence-electron chi connectivity index (χ0n) is 8.91. The monoisotopic (exact) mass is 206 g/mol. The number of aliphatic carboxylic acids is 1. The fraction of sp³-hybridized carbons (Fsp3) is 0.250. The van der Waals surface area contributed by atoms with E-state index in [2.05, 4.69) is 6.58 Å². The van der Waals surface area contributed by atoms with Crippen LogP contribution in [-0.4, -0.2) is 17.7 Å². The van der Waals surface area contributed by atoms with Gasteiger partial charge in [-0.1, -0.05) is 24.3 Å². The second-order valence-electron chi connectivity index (χ2n) is 3.47. The molecule has 1 aromatic rings. The summed E-state index contributed by atoms with van der Waals surface area (Å²) in [5, 5.41) is 8.59. The summed E-state index contributed by atoms with van der Waals surface area (Å²) in [6.07, 6.45) is 0. The molecule has 0 aliphatic heterocycles. The van der Waals surface area contributed by atoms with Crippen LogP contribution in [0.5, 0.6) is 5.75 Å². The minimum Gasteiger partial charge on any atom is -0.488 e. The highest BCUT2D eigenvalue weighted by molar-refractivity contribution is 5.86. The molecule has 0 saturated carbocycles. The molecule has 0 saturated heterocycles. The van der Waals surface area contributed by atoms with Gasteiger partial charge in [0, 0.05) is 0 Å². The maximum absolute atomic E-state index is 10.5. The third-order valence-electron chi connectivity index (χ3n) is 2.03. The average molecular weight is 206 g/mol. The van der Waals surface area contributed by atoms with Crippen LogP contribution >= 0.6 is 0 Å². The fourth-order valence-corrected chi connectivity index (χ4v) is 1.19. The molecule has 15 heavy (non-hydrogen) atoms. The van der Waals surface area contributed by atoms with Gasteiger partial charge in [-0.25, -0.2) is 4.79 Å². The lowest BCUT2D eigenvalue weighted by Gasteiger charge is -2.09. The van der Waals surface area contributed by atoms with E-state index in [1.165, 1.54) is 0 Å². The Morgan fingerprint density at radius 1 is 1.47 bits per heavy atom. The molecule has 1 aromatic carbocycles. The Bertz CT molecular complexity index is 394. The van der Waals surface area contributed by atoms with Crippen molar-refractivity contribution in [1.82, 2.24) is 0 Å². The second kappa shape index (κ2) is 4.64. The van der Waals surface area contributed by atoms with E-state index in [-0.39, 0.29) is 12.2 Å². The number of carboxylic acid groups (broad SMARTS) is 1. The zero-order valence-corrected chi connectivity index (χ0v) is 8.91. The van der Waals surface area contributed by atoms with Gasteiger partial charge in [0.2, 0.25) is 0 Å². The Kier molecular flexibility index (Phi) is 3.50. The predicted molar refractivity (Wildman–Crippen MR) is 58.2 cm³/mol. The van der Waals surface area contributed by atoms with Crippen molar-refractivity contribution in [2.24, 2.45) is 0 Å². The fourth-order valence-electron chi connectivity index (χ4n) is 1.19. The van der Waals surface area contributed by atoms with E-state index in [1.807, 2.05) is 32.0 Å². The van der Waals surface area contributed by atoms with E-state index in [0.29, 0.717) is 5.75 Å². The number of ether oxygens (including phenoxy) is 1. The first-order chi connectivity index (χ1) is 7.00. The Balaban J connectivity index is 2.66. The van der Waals surface area contributed by atoms with E-state index in [1.54, 1.807) is 0 Å². The van der Waals surface area contributed by atoms with Crippen molar-refractivity contribution in [2.45, 2.75) is 13.8 Å². The molecule has 0 aromatic heterocycles. The summed E-state index contributed by atoms with van der Waals surface area (Å²) in [6.45, 7) is 7.32. The molecule has 0 bridgehead atoms. The summed E-state index contributed by atoms with van der Waals surface area (Å²) >= 11 is 0. The van der Waals surface area contributed by atoms with E-state index in [0.717, 1.165) is 11.1 Å². The smallest absolute Gasteiger partial charge is 0.334 e. The quantitative estimate of drug-likeness (QED) is 0.769. The number of rotatable bonds is 4. The van der Waals surface area contributed by atoms with Gasteiger partial charge in [-0.2, -0.15) is 0 Å². The standard InChI is InChI=1S/C12H14O3/c1-8-4-5-11(9(2)6-8)15-7-10(3)12(13)14/h4-6H,3,7H2,1-2H3,(H,13,14). The molecule has 1 rings (SSSR count). The molecule has 0 atom stereocenters. The molecule has 0 radical (unpaired) electrons. The van der Waals surface area contributed by atoms with Crippen LogP contribution in [0.15, 0.2) is 30.4 Å². The molecule has 0 unspecified atom stereocenters. The van der Waals surface area contributed by atoms with Crippen molar-refractivity contribution in [3.8, 4) is 5.75 Å². The summed E-state index contributed by atoms with van der Waals surface area (Å²) in [7, 11) is 0. The van der Waals surface area contributed by atoms with E-state index < -0.39 is 5.97 Å². The summed E-state index contributed by atoms with van der Waals surface area (Å²) in [5.41, 5.74) is 2.19. The molecule has 3 nitrogen and oxygen atoms in total. The SMILES string of the molecule is C=C(COc1ccc(C)cc1C)C(=O)O. The van der Waals surface area contributed by atoms with E-state index >= 15 is 0 Å². The topological polar surface area (TPSA) is 46.5 Å². The van der Waals surface area contributed by atoms with Crippen molar-refractivity contribution in [1.29, 1.82) is 0 Å². The third kappa shape index (κ3) is 3.13. The minimum absolute atomic E-state index is 0.0131. The summed E-state index contributed by atoms with van der Waals surface area (Å²) in [6, 6.07) is 5.74. The van der Waals surface area contributed by atoms with Gasteiger partial charge in [0.05, 0.1) is 5.57 Å². The molecular weight excluding hydrogens is 192 g/mol. The molecule has 0 aliphatic rings. The van der Waals surface area contributed by atoms with Crippen LogP contribution in [-0.2, 0) is 4.79 Å². The molecule has 3 heteroatoms. The largest absolute Gasteiger partial charge is 0.488 e. The van der Waals surface area contributed by atoms with Gasteiger partial charge in [0.1, 0.15) is 12.4 Å². The van der Waals surface area contributed by atoms with Crippen LogP contribution in [0.4, 0.5) is 0 Å². The first-order valence-corrected chi connectivity index (χ1v) is 4.62. The number of hydrogen-bond donors (Lipinski definition) is 1. The lowest BCUT2D eigenvalue weighted by molar-refractivity contribution is -0.133. The van der Waals surface area contributed by atoms with Crippen molar-refractivity contribution in [3.63, 3.8) is 0 Å². The molecule has 1 N–H and O–H groups in total. The van der Waals surface area contributed by atoms with Crippen LogP contribution in [0.1, 0.15) is 11.1 Å². The van der Waals surface area contributed by atoms with Crippen molar-refractivity contribution >= 4 is 5.97 Å². The molecule has 0 fully saturated rings. The zero-order chi connectivity index (χ0) is 11.4. The van der Waals surface area contributed by atoms with Gasteiger partial charge >= 0.3 is 5.97 Å². The Labute approximate surface area is 89.0 Å². The van der Waals surface area contributed by atoms with Crippen LogP contribution in [0.25, 0.3) is 0 Å². The summed E-state index contributed by atoms with van der Waals surface area (Å²) in [4.78, 5) is 10.5. The highest BCUT2D eigenvalue weighted by Crippen LogP contribution is 2.19. The maximum Gasteiger partial charge on any atom is 0.334 e. The van der Waals surface area contributed by atoms with Crippen LogP contribution in [0.2, 0.25) is 0 Å². The number of carbonyl (C=O) groups is 1. The van der Waals surface area contributed by atoms with E-state index in [4.69, 9.17) is 9.84 Å². The molecule has 80 valence electrons. The summed E-state index contributed by atoms with van der Waals surface area (Å²) in [5.74, 6) is -0.331. The lowest BCUT2D eigenvalue weighted by Crippen LogP contribution is -2.09. The second-order valence-corrected chi connectivity index (χ2v) is 3.47. The molecular formula is C12H14O3. The Hall–Kier alpha value is -1.77. The van der Waals surface area contributed by atoms with E-state index in [9.17, 15) is 4.79 Å². The number of benzene rings is 1. The van der Waals surface area contributed by atoms with Gasteiger partial charge in [-0.05, 0) is 25.5 Å². The normalized spacial score (nSPS) is 9.73. The van der Waals surface area contributed by atoms with Gasteiger partial charge in [0.15, 0.2) is 0 Å². The first-order valence-electron chi connectivity index (χ1n) is 4.62. The van der Waals surface area contributed by atoms with Crippen LogP contribution < -0.4 is 4.74 Å². The Morgan fingerprint density at radius 3 is 2.67 bits per heavy atom. The maximum atomic E-state index is 10.5. The van der Waals surface area contributed by atoms with Gasteiger partial charge < -0.3 is 9.84 Å². The highest BCUT2D eigenvalue weighted by Gasteiger charge is 2.05. The predicted octanol–water partition coefficient (Wildman–Crippen LogP) is 2.32. The van der Waals surface area contributed by atoms with Gasteiger partial charge in [-0.15, -0.1) is 0 Å². The number of carboxylic acids is 1. The average Bonchev–Trinajstić information content (AvgIpc) is 2.15. The molecule has 0 spiro atoms. The first kappa shape index (κ1) is 11.3. The summed E-state index contributed by atoms with van der Waals surface area (Å²) < 4.78 is 5.33. The van der Waals surface area contributed by atoms with Crippen molar-refractivity contribution in [3.05, 3.63) is 41.5 Å². The van der Waals surface area contributed by atoms with Crippen LogP contribution in [0, 0.1) is 13.8 Å². The lowest BCUT2D eigenvalue weighted by atomic mass is 10.1.